The van der Waals surface area contributed by atoms with Gasteiger partial charge in [0.05, 0.1) is 0 Å². The van der Waals surface area contributed by atoms with Gasteiger partial charge in [-0.05, 0) is 39.7 Å². The molecular formula is C16H33N3. The summed E-state index contributed by atoms with van der Waals surface area (Å²) in [4.78, 5) is 5.32. The van der Waals surface area contributed by atoms with Crippen LogP contribution in [0.15, 0.2) is 0 Å². The van der Waals surface area contributed by atoms with Gasteiger partial charge in [-0.25, -0.2) is 0 Å². The van der Waals surface area contributed by atoms with Crippen LogP contribution in [0.1, 0.15) is 46.0 Å². The van der Waals surface area contributed by atoms with E-state index in [1.807, 2.05) is 0 Å². The van der Waals surface area contributed by atoms with E-state index < -0.39 is 0 Å². The molecule has 2 aliphatic rings. The molecule has 1 saturated heterocycles. The minimum atomic E-state index is 0.713. The van der Waals surface area contributed by atoms with Crippen LogP contribution in [0.5, 0.6) is 0 Å². The number of hydrogen-bond donors (Lipinski definition) is 1. The van der Waals surface area contributed by atoms with E-state index in [1.54, 1.807) is 0 Å². The Morgan fingerprint density at radius 3 is 2.32 bits per heavy atom. The highest BCUT2D eigenvalue weighted by Crippen LogP contribution is 2.24. The monoisotopic (exact) mass is 267 g/mol. The molecule has 0 aromatic rings. The van der Waals surface area contributed by atoms with Gasteiger partial charge in [-0.2, -0.15) is 0 Å². The summed E-state index contributed by atoms with van der Waals surface area (Å²) in [5, 5.41) is 3.57. The van der Waals surface area contributed by atoms with E-state index in [9.17, 15) is 0 Å². The largest absolute Gasteiger partial charge is 0.317 e. The van der Waals surface area contributed by atoms with Crippen molar-refractivity contribution in [2.75, 3.05) is 39.8 Å². The molecule has 2 atom stereocenters. The normalized spacial score (nSPS) is 31.6. The molecule has 2 rings (SSSR count). The van der Waals surface area contributed by atoms with Gasteiger partial charge in [0.1, 0.15) is 0 Å². The molecule has 2 unspecified atom stereocenters. The zero-order chi connectivity index (χ0) is 13.7. The average molecular weight is 267 g/mol. The van der Waals surface area contributed by atoms with Crippen molar-refractivity contribution in [3.8, 4) is 0 Å². The fourth-order valence-electron chi connectivity index (χ4n) is 3.78. The van der Waals surface area contributed by atoms with E-state index in [1.165, 1.54) is 64.8 Å². The van der Waals surface area contributed by atoms with Gasteiger partial charge in [-0.1, -0.05) is 19.3 Å². The average Bonchev–Trinajstić information content (AvgIpc) is 2.64. The molecule has 3 heteroatoms. The maximum absolute atomic E-state index is 3.57. The maximum atomic E-state index is 3.57. The van der Waals surface area contributed by atoms with Crippen LogP contribution in [0.2, 0.25) is 0 Å². The van der Waals surface area contributed by atoms with E-state index in [2.05, 4.69) is 36.0 Å². The number of hydrogen-bond acceptors (Lipinski definition) is 3. The fourth-order valence-corrected chi connectivity index (χ4v) is 3.78. The lowest BCUT2D eigenvalue weighted by Gasteiger charge is -2.39. The molecule has 1 heterocycles. The second-order valence-corrected chi connectivity index (χ2v) is 6.72. The van der Waals surface area contributed by atoms with Gasteiger partial charge in [0.25, 0.3) is 0 Å². The lowest BCUT2D eigenvalue weighted by atomic mass is 9.94. The highest BCUT2D eigenvalue weighted by molar-refractivity contribution is 4.83. The molecule has 0 aromatic carbocycles. The summed E-state index contributed by atoms with van der Waals surface area (Å²) >= 11 is 0. The molecule has 0 radical (unpaired) electrons. The molecule has 1 aliphatic heterocycles. The predicted molar refractivity (Wildman–Crippen MR) is 82.6 cm³/mol. The van der Waals surface area contributed by atoms with Crippen LogP contribution in [0.3, 0.4) is 0 Å². The molecule has 0 aromatic heterocycles. The van der Waals surface area contributed by atoms with Crippen molar-refractivity contribution in [1.82, 2.24) is 15.1 Å². The molecular weight excluding hydrogens is 234 g/mol. The van der Waals surface area contributed by atoms with Gasteiger partial charge in [0.2, 0.25) is 0 Å². The summed E-state index contributed by atoms with van der Waals surface area (Å²) in [6, 6.07) is 1.47. The number of nitrogens with zero attached hydrogens (tertiary/aromatic N) is 2. The van der Waals surface area contributed by atoms with Crippen molar-refractivity contribution < 1.29 is 0 Å². The van der Waals surface area contributed by atoms with Crippen molar-refractivity contribution in [3.63, 3.8) is 0 Å². The van der Waals surface area contributed by atoms with Crippen molar-refractivity contribution in [2.45, 2.75) is 58.0 Å². The SMILES string of the molecule is CNC1CCCCCC1CN1CCN(C(C)C)CC1. The minimum Gasteiger partial charge on any atom is -0.317 e. The highest BCUT2D eigenvalue weighted by atomic mass is 15.3. The van der Waals surface area contributed by atoms with E-state index in [-0.39, 0.29) is 0 Å². The summed E-state index contributed by atoms with van der Waals surface area (Å²) < 4.78 is 0. The highest BCUT2D eigenvalue weighted by Gasteiger charge is 2.26. The van der Waals surface area contributed by atoms with Crippen LogP contribution in [0.25, 0.3) is 0 Å². The van der Waals surface area contributed by atoms with Crippen LogP contribution < -0.4 is 5.32 Å². The van der Waals surface area contributed by atoms with E-state index in [0.29, 0.717) is 6.04 Å². The Morgan fingerprint density at radius 1 is 1.00 bits per heavy atom. The molecule has 0 amide bonds. The third-order valence-corrected chi connectivity index (χ3v) is 5.16. The van der Waals surface area contributed by atoms with Gasteiger partial charge >= 0.3 is 0 Å². The molecule has 1 saturated carbocycles. The van der Waals surface area contributed by atoms with Crippen molar-refractivity contribution >= 4 is 0 Å². The summed E-state index contributed by atoms with van der Waals surface area (Å²) in [5.41, 5.74) is 0. The second-order valence-electron chi connectivity index (χ2n) is 6.72. The minimum absolute atomic E-state index is 0.713. The molecule has 19 heavy (non-hydrogen) atoms. The van der Waals surface area contributed by atoms with Gasteiger partial charge in [-0.3, -0.25) is 4.90 Å². The summed E-state index contributed by atoms with van der Waals surface area (Å²) in [5.74, 6) is 0.873. The number of nitrogens with one attached hydrogen (secondary N) is 1. The lowest BCUT2D eigenvalue weighted by Crippen LogP contribution is -2.51. The van der Waals surface area contributed by atoms with E-state index in [4.69, 9.17) is 0 Å². The first-order chi connectivity index (χ1) is 9.20. The lowest BCUT2D eigenvalue weighted by molar-refractivity contribution is 0.0898. The van der Waals surface area contributed by atoms with Crippen LogP contribution in [-0.2, 0) is 0 Å². The van der Waals surface area contributed by atoms with Crippen LogP contribution in [0, 0.1) is 5.92 Å². The molecule has 1 aliphatic carbocycles. The molecule has 3 nitrogen and oxygen atoms in total. The Labute approximate surface area is 119 Å². The molecule has 1 N–H and O–H groups in total. The standard InChI is InChI=1S/C16H33N3/c1-14(2)19-11-9-18(10-12-19)13-15-7-5-4-6-8-16(15)17-3/h14-17H,4-13H2,1-3H3. The Morgan fingerprint density at radius 2 is 1.68 bits per heavy atom. The first-order valence-electron chi connectivity index (χ1n) is 8.34. The Hall–Kier alpha value is -0.120. The third kappa shape index (κ3) is 4.44. The quantitative estimate of drug-likeness (QED) is 0.788. The van der Waals surface area contributed by atoms with Gasteiger partial charge in [-0.15, -0.1) is 0 Å². The molecule has 2 fully saturated rings. The van der Waals surface area contributed by atoms with Crippen LogP contribution >= 0.6 is 0 Å². The van der Waals surface area contributed by atoms with Crippen LogP contribution in [0.4, 0.5) is 0 Å². The second kappa shape index (κ2) is 7.61. The molecule has 0 spiro atoms. The smallest absolute Gasteiger partial charge is 0.0113 e. The van der Waals surface area contributed by atoms with Gasteiger partial charge in [0.15, 0.2) is 0 Å². The number of rotatable bonds is 4. The first-order valence-corrected chi connectivity index (χ1v) is 8.34. The third-order valence-electron chi connectivity index (χ3n) is 5.16. The van der Waals surface area contributed by atoms with Crippen molar-refractivity contribution in [3.05, 3.63) is 0 Å². The summed E-state index contributed by atoms with van der Waals surface area (Å²) in [7, 11) is 2.15. The fraction of sp³-hybridized carbons (Fsp3) is 1.00. The van der Waals surface area contributed by atoms with E-state index >= 15 is 0 Å². The summed E-state index contributed by atoms with van der Waals surface area (Å²) in [6.07, 6.45) is 7.11. The predicted octanol–water partition coefficient (Wildman–Crippen LogP) is 2.18. The topological polar surface area (TPSA) is 18.5 Å². The number of piperazine rings is 1. The Bertz CT molecular complexity index is 246. The maximum Gasteiger partial charge on any atom is 0.0113 e. The zero-order valence-electron chi connectivity index (χ0n) is 13.2. The first kappa shape index (κ1) is 15.3. The van der Waals surface area contributed by atoms with Crippen molar-refractivity contribution in [2.24, 2.45) is 5.92 Å². The summed E-state index contributed by atoms with van der Waals surface area (Å²) in [6.45, 7) is 11.0. The van der Waals surface area contributed by atoms with Gasteiger partial charge < -0.3 is 10.2 Å². The Kier molecular flexibility index (Phi) is 6.11. The Balaban J connectivity index is 1.80. The molecule has 112 valence electrons. The zero-order valence-corrected chi connectivity index (χ0v) is 13.2. The van der Waals surface area contributed by atoms with Crippen molar-refractivity contribution in [1.29, 1.82) is 0 Å². The van der Waals surface area contributed by atoms with Crippen LogP contribution in [-0.4, -0.2) is 61.7 Å². The van der Waals surface area contributed by atoms with E-state index in [0.717, 1.165) is 12.0 Å². The molecule has 0 bridgehead atoms. The van der Waals surface area contributed by atoms with Gasteiger partial charge in [0, 0.05) is 44.8 Å².